The number of nitrogens with zero attached hydrogens (tertiary/aromatic N) is 2. The summed E-state index contributed by atoms with van der Waals surface area (Å²) in [6.07, 6.45) is -6.19. The summed E-state index contributed by atoms with van der Waals surface area (Å²) in [6, 6.07) is 8.89. The van der Waals surface area contributed by atoms with E-state index in [-0.39, 0.29) is 15.6 Å². The third-order valence-electron chi connectivity index (χ3n) is 4.68. The Labute approximate surface area is 208 Å². The predicted octanol–water partition coefficient (Wildman–Crippen LogP) is 6.83. The summed E-state index contributed by atoms with van der Waals surface area (Å²) < 4.78 is 87.5. The minimum absolute atomic E-state index is 0.0267. The number of benzene rings is 2. The number of carbonyl (C=O) groups excluding carboxylic acids is 1. The van der Waals surface area contributed by atoms with Crippen LogP contribution in [0.2, 0.25) is 5.02 Å². The van der Waals surface area contributed by atoms with Gasteiger partial charge in [0, 0.05) is 17.1 Å². The molecule has 13 heteroatoms. The van der Waals surface area contributed by atoms with Crippen LogP contribution in [0.3, 0.4) is 0 Å². The van der Waals surface area contributed by atoms with Crippen molar-refractivity contribution in [1.29, 1.82) is 0 Å². The molecule has 0 radical (unpaired) electrons. The quantitative estimate of drug-likeness (QED) is 0.325. The van der Waals surface area contributed by atoms with Crippen molar-refractivity contribution in [2.45, 2.75) is 39.1 Å². The summed E-state index contributed by atoms with van der Waals surface area (Å²) in [5.74, 6) is -1.50. The Kier molecular flexibility index (Phi) is 7.31. The van der Waals surface area contributed by atoms with Crippen molar-refractivity contribution in [2.75, 3.05) is 11.4 Å². The van der Waals surface area contributed by atoms with Gasteiger partial charge in [-0.25, -0.2) is 13.5 Å². The number of rotatable bonds is 5. The highest BCUT2D eigenvalue weighted by molar-refractivity contribution is 7.91. The van der Waals surface area contributed by atoms with Crippen molar-refractivity contribution in [2.24, 2.45) is 0 Å². The fraction of sp³-hybridized carbons (Fsp3) is 0.318. The molecule has 0 aliphatic heterocycles. The van der Waals surface area contributed by atoms with Crippen molar-refractivity contribution < 1.29 is 35.5 Å². The topological polar surface area (TPSA) is 66.9 Å². The minimum Gasteiger partial charge on any atom is -0.443 e. The van der Waals surface area contributed by atoms with Crippen molar-refractivity contribution in [1.82, 2.24) is 4.31 Å². The number of ether oxygens (including phenoxy) is 1. The molecule has 1 heterocycles. The molecular formula is C22H21ClF4N2O4S2. The minimum atomic E-state index is -4.99. The van der Waals surface area contributed by atoms with E-state index in [1.54, 1.807) is 45.0 Å². The lowest BCUT2D eigenvalue weighted by Gasteiger charge is -2.30. The molecule has 2 aromatic carbocycles. The maximum absolute atomic E-state index is 13.8. The Morgan fingerprint density at radius 2 is 1.74 bits per heavy atom. The Hall–Kier alpha value is -2.57. The van der Waals surface area contributed by atoms with Gasteiger partial charge in [0.25, 0.3) is 0 Å². The van der Waals surface area contributed by atoms with Gasteiger partial charge < -0.3 is 4.74 Å². The van der Waals surface area contributed by atoms with Gasteiger partial charge in [-0.15, -0.1) is 11.3 Å². The van der Waals surface area contributed by atoms with Gasteiger partial charge in [0.1, 0.15) is 16.4 Å². The van der Waals surface area contributed by atoms with Crippen LogP contribution >= 0.6 is 22.9 Å². The van der Waals surface area contributed by atoms with E-state index in [9.17, 15) is 30.8 Å². The third-order valence-corrected chi connectivity index (χ3v) is 8.20. The average Bonchev–Trinajstić information content (AvgIpc) is 3.06. The van der Waals surface area contributed by atoms with E-state index in [0.29, 0.717) is 30.8 Å². The lowest BCUT2D eigenvalue weighted by molar-refractivity contribution is -0.140. The molecule has 0 atom stereocenters. The first kappa shape index (κ1) is 27.0. The van der Waals surface area contributed by atoms with E-state index in [1.807, 2.05) is 0 Å². The second-order valence-corrected chi connectivity index (χ2v) is 11.8. The van der Waals surface area contributed by atoms with E-state index in [2.05, 4.69) is 0 Å². The number of alkyl halides is 3. The standard InChI is InChI=1S/C22H21ClF4N2O4S2/c1-21(2,3)33-20(30)28(4)35(31,32)29(19-18(23)14-7-5-6-8-17(14)34-19)12-13-9-10-16(24)15(11-13)22(25,26)27/h5-11H,12H2,1-4H3. The van der Waals surface area contributed by atoms with Crippen molar-refractivity contribution in [3.63, 3.8) is 0 Å². The van der Waals surface area contributed by atoms with Crippen LogP contribution in [0.15, 0.2) is 42.5 Å². The maximum atomic E-state index is 13.8. The van der Waals surface area contributed by atoms with Crippen LogP contribution in [0.1, 0.15) is 31.9 Å². The number of amides is 1. The molecule has 1 amide bonds. The summed E-state index contributed by atoms with van der Waals surface area (Å²) in [6.45, 7) is 3.97. The molecule has 3 rings (SSSR count). The van der Waals surface area contributed by atoms with Crippen LogP contribution < -0.4 is 4.31 Å². The van der Waals surface area contributed by atoms with E-state index in [1.165, 1.54) is 0 Å². The van der Waals surface area contributed by atoms with Crippen molar-refractivity contribution in [3.05, 3.63) is 64.4 Å². The maximum Gasteiger partial charge on any atom is 0.425 e. The molecule has 0 unspecified atom stereocenters. The Balaban J connectivity index is 2.15. The molecule has 3 aromatic rings. The number of hydrogen-bond donors (Lipinski definition) is 0. The van der Waals surface area contributed by atoms with Gasteiger partial charge in [-0.05, 0) is 44.5 Å². The molecule has 1 aromatic heterocycles. The van der Waals surface area contributed by atoms with Gasteiger partial charge in [-0.2, -0.15) is 25.9 Å². The molecule has 0 saturated carbocycles. The fourth-order valence-electron chi connectivity index (χ4n) is 3.04. The second-order valence-electron chi connectivity index (χ2n) is 8.49. The molecule has 0 aliphatic carbocycles. The van der Waals surface area contributed by atoms with Crippen LogP contribution in [0, 0.1) is 5.82 Å². The SMILES string of the molecule is CN(C(=O)OC(C)(C)C)S(=O)(=O)N(Cc1ccc(F)c(C(F)(F)F)c1)c1sc2ccccc2c1Cl. The first-order valence-corrected chi connectivity index (χ1v) is 12.6. The summed E-state index contributed by atoms with van der Waals surface area (Å²) in [5, 5.41) is 0.524. The van der Waals surface area contributed by atoms with Crippen molar-refractivity contribution >= 4 is 54.3 Å². The lowest BCUT2D eigenvalue weighted by Crippen LogP contribution is -2.46. The fourth-order valence-corrected chi connectivity index (χ4v) is 6.06. The van der Waals surface area contributed by atoms with Gasteiger partial charge in [-0.3, -0.25) is 0 Å². The molecular weight excluding hydrogens is 532 g/mol. The zero-order valence-electron chi connectivity index (χ0n) is 19.0. The van der Waals surface area contributed by atoms with E-state index in [0.717, 1.165) is 24.5 Å². The van der Waals surface area contributed by atoms with Crippen LogP contribution in [0.5, 0.6) is 0 Å². The highest BCUT2D eigenvalue weighted by atomic mass is 35.5. The molecule has 0 saturated heterocycles. The molecule has 0 bridgehead atoms. The number of anilines is 1. The number of thiophene rings is 1. The van der Waals surface area contributed by atoms with Gasteiger partial charge in [0.05, 0.1) is 17.1 Å². The number of fused-ring (bicyclic) bond motifs is 1. The average molecular weight is 553 g/mol. The summed E-state index contributed by atoms with van der Waals surface area (Å²) in [5.41, 5.74) is -2.73. The molecule has 0 spiro atoms. The van der Waals surface area contributed by atoms with Crippen LogP contribution in [0.4, 0.5) is 27.4 Å². The molecule has 0 fully saturated rings. The molecule has 6 nitrogen and oxygen atoms in total. The smallest absolute Gasteiger partial charge is 0.425 e. The molecule has 0 aliphatic rings. The largest absolute Gasteiger partial charge is 0.443 e. The first-order valence-electron chi connectivity index (χ1n) is 10.0. The molecule has 190 valence electrons. The van der Waals surface area contributed by atoms with E-state index in [4.69, 9.17) is 16.3 Å². The van der Waals surface area contributed by atoms with Gasteiger partial charge in [0.2, 0.25) is 0 Å². The number of halogens is 5. The number of carbonyl (C=O) groups is 1. The van der Waals surface area contributed by atoms with Crippen LogP contribution in [-0.4, -0.2) is 31.5 Å². The predicted molar refractivity (Wildman–Crippen MR) is 127 cm³/mol. The van der Waals surface area contributed by atoms with Gasteiger partial charge >= 0.3 is 22.5 Å². The van der Waals surface area contributed by atoms with E-state index >= 15 is 0 Å². The monoisotopic (exact) mass is 552 g/mol. The van der Waals surface area contributed by atoms with E-state index < -0.39 is 46.0 Å². The summed E-state index contributed by atoms with van der Waals surface area (Å²) in [7, 11) is -3.75. The molecule has 0 N–H and O–H groups in total. The molecule has 35 heavy (non-hydrogen) atoms. The zero-order valence-corrected chi connectivity index (χ0v) is 21.4. The van der Waals surface area contributed by atoms with Crippen molar-refractivity contribution in [3.8, 4) is 0 Å². The summed E-state index contributed by atoms with van der Waals surface area (Å²) in [4.78, 5) is 12.6. The third kappa shape index (κ3) is 5.81. The Morgan fingerprint density at radius 3 is 2.31 bits per heavy atom. The van der Waals surface area contributed by atoms with Gasteiger partial charge in [-0.1, -0.05) is 35.9 Å². The summed E-state index contributed by atoms with van der Waals surface area (Å²) >= 11 is 7.45. The Bertz CT molecular complexity index is 1370. The first-order chi connectivity index (χ1) is 16.0. The highest BCUT2D eigenvalue weighted by Crippen LogP contribution is 2.44. The lowest BCUT2D eigenvalue weighted by atomic mass is 10.1. The highest BCUT2D eigenvalue weighted by Gasteiger charge is 2.38. The second kappa shape index (κ2) is 9.47. The van der Waals surface area contributed by atoms with Gasteiger partial charge in [0.15, 0.2) is 0 Å². The van der Waals surface area contributed by atoms with Crippen LogP contribution in [0.25, 0.3) is 10.1 Å². The zero-order chi connectivity index (χ0) is 26.3. The Morgan fingerprint density at radius 1 is 1.11 bits per heavy atom. The number of hydrogen-bond acceptors (Lipinski definition) is 5. The van der Waals surface area contributed by atoms with Crippen LogP contribution in [-0.2, 0) is 27.7 Å². The normalized spacial score (nSPS) is 12.6.